The molecule has 1 rings (SSSR count). The molecule has 0 bridgehead atoms. The van der Waals surface area contributed by atoms with Crippen molar-refractivity contribution in [1.82, 2.24) is 4.31 Å². The van der Waals surface area contributed by atoms with Crippen molar-refractivity contribution >= 4 is 10.0 Å². The molecular formula is C15H25NO3S. The molecule has 0 atom stereocenters. The molecule has 114 valence electrons. The molecule has 0 amide bonds. The third-order valence-electron chi connectivity index (χ3n) is 3.25. The first kappa shape index (κ1) is 17.1. The maximum Gasteiger partial charge on any atom is 0.243 e. The molecule has 0 heterocycles. The summed E-state index contributed by atoms with van der Waals surface area (Å²) in [5.74, 6) is 0. The van der Waals surface area contributed by atoms with E-state index in [0.717, 1.165) is 24.8 Å². The molecular weight excluding hydrogens is 274 g/mol. The van der Waals surface area contributed by atoms with Crippen molar-refractivity contribution < 1.29 is 13.5 Å². The van der Waals surface area contributed by atoms with Crippen molar-refractivity contribution in [3.8, 4) is 0 Å². The Kier molecular flexibility index (Phi) is 6.65. The summed E-state index contributed by atoms with van der Waals surface area (Å²) in [6.07, 6.45) is 3.20. The molecule has 0 unspecified atom stereocenters. The van der Waals surface area contributed by atoms with Gasteiger partial charge in [-0.3, -0.25) is 0 Å². The van der Waals surface area contributed by atoms with Crippen molar-refractivity contribution in [3.05, 3.63) is 29.8 Å². The van der Waals surface area contributed by atoms with Gasteiger partial charge in [0, 0.05) is 12.6 Å². The Balaban J connectivity index is 2.96. The number of hydrogen-bond donors (Lipinski definition) is 1. The highest BCUT2D eigenvalue weighted by molar-refractivity contribution is 7.89. The summed E-state index contributed by atoms with van der Waals surface area (Å²) in [5.41, 5.74) is 1.16. The van der Waals surface area contributed by atoms with Crippen LogP contribution in [0.25, 0.3) is 0 Å². The molecule has 0 aliphatic carbocycles. The van der Waals surface area contributed by atoms with Crippen molar-refractivity contribution in [3.63, 3.8) is 0 Å². The van der Waals surface area contributed by atoms with E-state index in [1.165, 1.54) is 4.31 Å². The molecule has 0 aliphatic heterocycles. The molecule has 20 heavy (non-hydrogen) atoms. The summed E-state index contributed by atoms with van der Waals surface area (Å²) in [4.78, 5) is 0.292. The van der Waals surface area contributed by atoms with E-state index in [-0.39, 0.29) is 19.2 Å². The number of rotatable bonds is 8. The standard InChI is InChI=1S/C15H25NO3S/c1-4-5-6-14-7-9-15(10-8-14)20(18,19)16(11-12-17)13(2)3/h7-10,13,17H,4-6,11-12H2,1-3H3. The van der Waals surface area contributed by atoms with Crippen LogP contribution in [0.4, 0.5) is 0 Å². The van der Waals surface area contributed by atoms with Gasteiger partial charge in [-0.15, -0.1) is 0 Å². The highest BCUT2D eigenvalue weighted by Crippen LogP contribution is 2.19. The molecule has 0 saturated carbocycles. The number of aliphatic hydroxyl groups excluding tert-OH is 1. The minimum Gasteiger partial charge on any atom is -0.395 e. The Morgan fingerprint density at radius 2 is 1.80 bits per heavy atom. The fraction of sp³-hybridized carbons (Fsp3) is 0.600. The molecule has 0 aliphatic rings. The number of hydrogen-bond acceptors (Lipinski definition) is 3. The van der Waals surface area contributed by atoms with E-state index in [4.69, 9.17) is 5.11 Å². The monoisotopic (exact) mass is 299 g/mol. The largest absolute Gasteiger partial charge is 0.395 e. The highest BCUT2D eigenvalue weighted by Gasteiger charge is 2.26. The van der Waals surface area contributed by atoms with Gasteiger partial charge in [0.05, 0.1) is 11.5 Å². The Bertz CT molecular complexity index is 494. The second-order valence-electron chi connectivity index (χ2n) is 5.18. The van der Waals surface area contributed by atoms with Crippen molar-refractivity contribution in [2.75, 3.05) is 13.2 Å². The van der Waals surface area contributed by atoms with Crippen LogP contribution < -0.4 is 0 Å². The second-order valence-corrected chi connectivity index (χ2v) is 7.07. The number of sulfonamides is 1. The number of benzene rings is 1. The topological polar surface area (TPSA) is 57.6 Å². The zero-order valence-electron chi connectivity index (χ0n) is 12.5. The van der Waals surface area contributed by atoms with E-state index < -0.39 is 10.0 Å². The molecule has 4 nitrogen and oxygen atoms in total. The average Bonchev–Trinajstić information content (AvgIpc) is 2.42. The predicted molar refractivity (Wildman–Crippen MR) is 81.2 cm³/mol. The van der Waals surface area contributed by atoms with E-state index in [2.05, 4.69) is 6.92 Å². The molecule has 0 spiro atoms. The third-order valence-corrected chi connectivity index (χ3v) is 5.33. The SMILES string of the molecule is CCCCc1ccc(S(=O)(=O)N(CCO)C(C)C)cc1. The highest BCUT2D eigenvalue weighted by atomic mass is 32.2. The molecule has 0 fully saturated rings. The Morgan fingerprint density at radius 3 is 2.25 bits per heavy atom. The van der Waals surface area contributed by atoms with E-state index in [1.807, 2.05) is 26.0 Å². The lowest BCUT2D eigenvalue weighted by molar-refractivity contribution is 0.236. The van der Waals surface area contributed by atoms with Crippen LogP contribution >= 0.6 is 0 Å². The maximum atomic E-state index is 12.5. The predicted octanol–water partition coefficient (Wildman–Crippen LogP) is 2.42. The number of unbranched alkanes of at least 4 members (excludes halogenated alkanes) is 1. The summed E-state index contributed by atoms with van der Waals surface area (Å²) < 4.78 is 26.3. The molecule has 1 aromatic rings. The molecule has 0 aromatic heterocycles. The lowest BCUT2D eigenvalue weighted by Crippen LogP contribution is -2.38. The lowest BCUT2D eigenvalue weighted by atomic mass is 10.1. The zero-order chi connectivity index (χ0) is 15.2. The number of aryl methyl sites for hydroxylation is 1. The molecule has 5 heteroatoms. The van der Waals surface area contributed by atoms with Crippen LogP contribution in [-0.4, -0.2) is 37.0 Å². The molecule has 0 saturated heterocycles. The van der Waals surface area contributed by atoms with E-state index in [0.29, 0.717) is 4.90 Å². The van der Waals surface area contributed by atoms with Gasteiger partial charge in [-0.2, -0.15) is 4.31 Å². The second kappa shape index (κ2) is 7.76. The van der Waals surface area contributed by atoms with Gasteiger partial charge in [0.2, 0.25) is 10.0 Å². The summed E-state index contributed by atoms with van der Waals surface area (Å²) >= 11 is 0. The smallest absolute Gasteiger partial charge is 0.243 e. The lowest BCUT2D eigenvalue weighted by Gasteiger charge is -2.25. The number of nitrogens with zero attached hydrogens (tertiary/aromatic N) is 1. The van der Waals surface area contributed by atoms with E-state index in [9.17, 15) is 8.42 Å². The van der Waals surface area contributed by atoms with Crippen molar-refractivity contribution in [2.24, 2.45) is 0 Å². The quantitative estimate of drug-likeness (QED) is 0.802. The van der Waals surface area contributed by atoms with Gasteiger partial charge in [-0.25, -0.2) is 8.42 Å². The summed E-state index contributed by atoms with van der Waals surface area (Å²) in [5, 5.41) is 9.03. The first-order chi connectivity index (χ1) is 9.43. The first-order valence-corrected chi connectivity index (χ1v) is 8.59. The van der Waals surface area contributed by atoms with Crippen LogP contribution in [-0.2, 0) is 16.4 Å². The zero-order valence-corrected chi connectivity index (χ0v) is 13.4. The van der Waals surface area contributed by atoms with E-state index in [1.54, 1.807) is 12.1 Å². The van der Waals surface area contributed by atoms with Crippen molar-refractivity contribution in [2.45, 2.75) is 51.0 Å². The van der Waals surface area contributed by atoms with Crippen LogP contribution in [0.15, 0.2) is 29.2 Å². The van der Waals surface area contributed by atoms with Crippen LogP contribution in [0, 0.1) is 0 Å². The van der Waals surface area contributed by atoms with Crippen molar-refractivity contribution in [1.29, 1.82) is 0 Å². The minimum absolute atomic E-state index is 0.123. The van der Waals surface area contributed by atoms with Gasteiger partial charge in [0.15, 0.2) is 0 Å². The molecule has 1 aromatic carbocycles. The van der Waals surface area contributed by atoms with Gasteiger partial charge >= 0.3 is 0 Å². The van der Waals surface area contributed by atoms with Gasteiger partial charge in [-0.1, -0.05) is 25.5 Å². The summed E-state index contributed by atoms with van der Waals surface area (Å²) in [7, 11) is -3.53. The van der Waals surface area contributed by atoms with Crippen LogP contribution in [0.1, 0.15) is 39.2 Å². The Morgan fingerprint density at radius 1 is 1.20 bits per heavy atom. The van der Waals surface area contributed by atoms with Gasteiger partial charge in [0.25, 0.3) is 0 Å². The summed E-state index contributed by atoms with van der Waals surface area (Å²) in [6.45, 7) is 5.70. The van der Waals surface area contributed by atoms with Crippen LogP contribution in [0.3, 0.4) is 0 Å². The Hall–Kier alpha value is -0.910. The first-order valence-electron chi connectivity index (χ1n) is 7.15. The average molecular weight is 299 g/mol. The maximum absolute atomic E-state index is 12.5. The van der Waals surface area contributed by atoms with Crippen LogP contribution in [0.5, 0.6) is 0 Å². The molecule has 1 N–H and O–H groups in total. The minimum atomic E-state index is -3.53. The van der Waals surface area contributed by atoms with Gasteiger partial charge < -0.3 is 5.11 Å². The molecule has 0 radical (unpaired) electrons. The fourth-order valence-electron chi connectivity index (χ4n) is 2.10. The Labute approximate surface area is 122 Å². The summed E-state index contributed by atoms with van der Waals surface area (Å²) in [6, 6.07) is 6.90. The van der Waals surface area contributed by atoms with Gasteiger partial charge in [0.1, 0.15) is 0 Å². The fourth-order valence-corrected chi connectivity index (χ4v) is 3.73. The normalized spacial score (nSPS) is 12.3. The van der Waals surface area contributed by atoms with Gasteiger partial charge in [-0.05, 0) is 44.4 Å². The van der Waals surface area contributed by atoms with E-state index >= 15 is 0 Å². The number of aliphatic hydroxyl groups is 1. The third kappa shape index (κ3) is 4.30. The van der Waals surface area contributed by atoms with Crippen LogP contribution in [0.2, 0.25) is 0 Å².